The largest absolute Gasteiger partial charge is 0.379 e. The number of anilines is 1. The van der Waals surface area contributed by atoms with E-state index in [4.69, 9.17) is 0 Å². The predicted octanol–water partition coefficient (Wildman–Crippen LogP) is 2.68. The summed E-state index contributed by atoms with van der Waals surface area (Å²) < 4.78 is 0. The van der Waals surface area contributed by atoms with Gasteiger partial charge in [0.15, 0.2) is 0 Å². The highest BCUT2D eigenvalue weighted by Crippen LogP contribution is 2.20. The van der Waals surface area contributed by atoms with Crippen molar-refractivity contribution in [1.29, 1.82) is 0 Å². The normalized spacial score (nSPS) is 17.4. The zero-order valence-corrected chi connectivity index (χ0v) is 15.0. The second-order valence-corrected chi connectivity index (χ2v) is 6.78. The molecule has 1 amide bonds. The standard InChI is InChI=1S/C20H26N4O/c1-15-18(20(25)23-12-16-9-11-24(2)14-16)7-5-8-19(15)22-13-17-6-3-4-10-21-17/h3-8,10,16,22H,9,11-14H2,1-2H3,(H,23,25)/t16-/m1/s1. The van der Waals surface area contributed by atoms with Crippen LogP contribution in [0.25, 0.3) is 0 Å². The fraction of sp³-hybridized carbons (Fsp3) is 0.400. The molecule has 0 bridgehead atoms. The van der Waals surface area contributed by atoms with Crippen LogP contribution in [0.3, 0.4) is 0 Å². The van der Waals surface area contributed by atoms with Crippen molar-refractivity contribution in [3.63, 3.8) is 0 Å². The maximum Gasteiger partial charge on any atom is 0.251 e. The number of likely N-dealkylation sites (tertiary alicyclic amines) is 1. The summed E-state index contributed by atoms with van der Waals surface area (Å²) in [7, 11) is 2.13. The van der Waals surface area contributed by atoms with Gasteiger partial charge >= 0.3 is 0 Å². The van der Waals surface area contributed by atoms with E-state index in [2.05, 4.69) is 27.6 Å². The van der Waals surface area contributed by atoms with Gasteiger partial charge in [-0.25, -0.2) is 0 Å². The van der Waals surface area contributed by atoms with Crippen LogP contribution in [0.1, 0.15) is 28.0 Å². The van der Waals surface area contributed by atoms with E-state index in [1.165, 1.54) is 0 Å². The average Bonchev–Trinajstić information content (AvgIpc) is 3.05. The lowest BCUT2D eigenvalue weighted by Crippen LogP contribution is -2.31. The molecule has 0 aliphatic carbocycles. The average molecular weight is 338 g/mol. The van der Waals surface area contributed by atoms with E-state index >= 15 is 0 Å². The number of nitrogens with one attached hydrogen (secondary N) is 2. The second-order valence-electron chi connectivity index (χ2n) is 6.78. The number of benzene rings is 1. The Morgan fingerprint density at radius 2 is 2.16 bits per heavy atom. The Morgan fingerprint density at radius 3 is 2.88 bits per heavy atom. The summed E-state index contributed by atoms with van der Waals surface area (Å²) in [6, 6.07) is 11.7. The summed E-state index contributed by atoms with van der Waals surface area (Å²) in [6.45, 7) is 5.55. The van der Waals surface area contributed by atoms with Gasteiger partial charge in [0.25, 0.3) is 5.91 Å². The van der Waals surface area contributed by atoms with E-state index in [-0.39, 0.29) is 5.91 Å². The SMILES string of the molecule is Cc1c(NCc2ccccn2)cccc1C(=O)NC[C@H]1CCN(C)C1. The van der Waals surface area contributed by atoms with Crippen molar-refractivity contribution in [2.24, 2.45) is 5.92 Å². The van der Waals surface area contributed by atoms with Crippen LogP contribution >= 0.6 is 0 Å². The number of carbonyl (C=O) groups excluding carboxylic acids is 1. The van der Waals surface area contributed by atoms with E-state index in [0.717, 1.165) is 48.6 Å². The van der Waals surface area contributed by atoms with Gasteiger partial charge in [-0.3, -0.25) is 9.78 Å². The molecule has 0 spiro atoms. The van der Waals surface area contributed by atoms with Crippen molar-refractivity contribution in [1.82, 2.24) is 15.2 Å². The van der Waals surface area contributed by atoms with Crippen molar-refractivity contribution < 1.29 is 4.79 Å². The van der Waals surface area contributed by atoms with Gasteiger partial charge in [-0.05, 0) is 62.7 Å². The van der Waals surface area contributed by atoms with Crippen molar-refractivity contribution >= 4 is 11.6 Å². The first-order valence-electron chi connectivity index (χ1n) is 8.83. The van der Waals surface area contributed by atoms with Crippen molar-refractivity contribution in [2.45, 2.75) is 19.9 Å². The number of rotatable bonds is 6. The molecule has 1 aromatic carbocycles. The van der Waals surface area contributed by atoms with Crippen LogP contribution in [0.15, 0.2) is 42.6 Å². The minimum atomic E-state index is 0.00791. The lowest BCUT2D eigenvalue weighted by Gasteiger charge is -2.15. The van der Waals surface area contributed by atoms with Gasteiger partial charge in [0.05, 0.1) is 12.2 Å². The number of amides is 1. The predicted molar refractivity (Wildman–Crippen MR) is 101 cm³/mol. The number of carbonyl (C=O) groups is 1. The molecule has 2 N–H and O–H groups in total. The third-order valence-corrected chi connectivity index (χ3v) is 4.80. The Morgan fingerprint density at radius 1 is 1.28 bits per heavy atom. The first kappa shape index (κ1) is 17.4. The summed E-state index contributed by atoms with van der Waals surface area (Å²) in [4.78, 5) is 19.2. The van der Waals surface area contributed by atoms with Gasteiger partial charge in [0.1, 0.15) is 0 Å². The number of aromatic nitrogens is 1. The molecule has 25 heavy (non-hydrogen) atoms. The molecule has 1 aliphatic heterocycles. The van der Waals surface area contributed by atoms with Gasteiger partial charge in [0.2, 0.25) is 0 Å². The first-order chi connectivity index (χ1) is 12.1. The van der Waals surface area contributed by atoms with E-state index in [1.54, 1.807) is 6.20 Å². The smallest absolute Gasteiger partial charge is 0.251 e. The molecule has 5 heteroatoms. The Bertz CT molecular complexity index is 717. The summed E-state index contributed by atoms with van der Waals surface area (Å²) in [5.41, 5.74) is 3.65. The van der Waals surface area contributed by atoms with E-state index in [1.807, 2.05) is 43.3 Å². The van der Waals surface area contributed by atoms with Gasteiger partial charge in [-0.15, -0.1) is 0 Å². The Hall–Kier alpha value is -2.40. The topological polar surface area (TPSA) is 57.3 Å². The van der Waals surface area contributed by atoms with Crippen LogP contribution in [-0.4, -0.2) is 42.5 Å². The van der Waals surface area contributed by atoms with Crippen LogP contribution in [-0.2, 0) is 6.54 Å². The summed E-state index contributed by atoms with van der Waals surface area (Å²) in [6.07, 6.45) is 2.94. The molecule has 1 saturated heterocycles. The Balaban J connectivity index is 1.60. The quantitative estimate of drug-likeness (QED) is 0.850. The molecule has 132 valence electrons. The maximum absolute atomic E-state index is 12.6. The van der Waals surface area contributed by atoms with E-state index in [9.17, 15) is 4.79 Å². The summed E-state index contributed by atoms with van der Waals surface area (Å²) >= 11 is 0. The fourth-order valence-corrected chi connectivity index (χ4v) is 3.29. The minimum absolute atomic E-state index is 0.00791. The molecular formula is C20H26N4O. The maximum atomic E-state index is 12.6. The number of nitrogens with zero attached hydrogens (tertiary/aromatic N) is 2. The molecule has 1 fully saturated rings. The van der Waals surface area contributed by atoms with Crippen LogP contribution in [0.2, 0.25) is 0 Å². The molecule has 1 aromatic heterocycles. The van der Waals surface area contributed by atoms with Gasteiger partial charge < -0.3 is 15.5 Å². The van der Waals surface area contributed by atoms with Crippen LogP contribution in [0, 0.1) is 12.8 Å². The molecule has 0 unspecified atom stereocenters. The molecule has 0 saturated carbocycles. The highest BCUT2D eigenvalue weighted by molar-refractivity contribution is 5.97. The molecule has 2 heterocycles. The van der Waals surface area contributed by atoms with Gasteiger partial charge in [0, 0.05) is 30.5 Å². The Kier molecular flexibility index (Phi) is 5.66. The zero-order chi connectivity index (χ0) is 17.6. The van der Waals surface area contributed by atoms with Crippen molar-refractivity contribution in [3.8, 4) is 0 Å². The fourth-order valence-electron chi connectivity index (χ4n) is 3.29. The molecule has 0 radical (unpaired) electrons. The van der Waals surface area contributed by atoms with E-state index in [0.29, 0.717) is 12.5 Å². The molecule has 3 rings (SSSR count). The highest BCUT2D eigenvalue weighted by Gasteiger charge is 2.20. The highest BCUT2D eigenvalue weighted by atomic mass is 16.1. The van der Waals surface area contributed by atoms with Crippen LogP contribution < -0.4 is 10.6 Å². The number of pyridine rings is 1. The van der Waals surface area contributed by atoms with Gasteiger partial charge in [-0.2, -0.15) is 0 Å². The van der Waals surface area contributed by atoms with Crippen LogP contribution in [0.4, 0.5) is 5.69 Å². The first-order valence-corrected chi connectivity index (χ1v) is 8.83. The number of hydrogen-bond acceptors (Lipinski definition) is 4. The summed E-state index contributed by atoms with van der Waals surface area (Å²) in [5, 5.41) is 6.48. The number of hydrogen-bond donors (Lipinski definition) is 2. The molecule has 5 nitrogen and oxygen atoms in total. The van der Waals surface area contributed by atoms with Crippen LogP contribution in [0.5, 0.6) is 0 Å². The molecule has 2 aromatic rings. The second kappa shape index (κ2) is 8.12. The third kappa shape index (κ3) is 4.57. The molecule has 1 atom stereocenters. The monoisotopic (exact) mass is 338 g/mol. The third-order valence-electron chi connectivity index (χ3n) is 4.80. The van der Waals surface area contributed by atoms with Crippen molar-refractivity contribution in [3.05, 3.63) is 59.4 Å². The molecular weight excluding hydrogens is 312 g/mol. The van der Waals surface area contributed by atoms with E-state index < -0.39 is 0 Å². The minimum Gasteiger partial charge on any atom is -0.379 e. The Labute approximate surface area is 149 Å². The molecule has 1 aliphatic rings. The van der Waals surface area contributed by atoms with Crippen molar-refractivity contribution in [2.75, 3.05) is 32.0 Å². The van der Waals surface area contributed by atoms with Gasteiger partial charge in [-0.1, -0.05) is 12.1 Å². The zero-order valence-electron chi connectivity index (χ0n) is 15.0. The summed E-state index contributed by atoms with van der Waals surface area (Å²) in [5.74, 6) is 0.563. The lowest BCUT2D eigenvalue weighted by atomic mass is 10.0. The lowest BCUT2D eigenvalue weighted by molar-refractivity contribution is 0.0947.